The first kappa shape index (κ1) is 36.9. The van der Waals surface area contributed by atoms with Crippen LogP contribution in [0.15, 0.2) is 223 Å². The first-order valence-corrected chi connectivity index (χ1v) is 23.4. The number of hydrogen-bond acceptors (Lipinski definition) is 2. The number of rotatable bonds is 4. The number of hydrogen-bond donors (Lipinski definition) is 0. The zero-order valence-electron chi connectivity index (χ0n) is 37.1. The number of furan rings is 1. The maximum Gasteiger partial charge on any atom is 0.143 e. The molecule has 12 aromatic rings. The van der Waals surface area contributed by atoms with Crippen LogP contribution in [-0.4, -0.2) is 4.57 Å². The van der Waals surface area contributed by atoms with E-state index in [0.717, 1.165) is 50.1 Å². The Hall–Kier alpha value is -8.40. The van der Waals surface area contributed by atoms with Crippen LogP contribution >= 0.6 is 0 Å². The summed E-state index contributed by atoms with van der Waals surface area (Å²) in [6, 6.07) is 81.4. The number of aromatic nitrogens is 1. The smallest absolute Gasteiger partial charge is 0.143 e. The van der Waals surface area contributed by atoms with E-state index in [9.17, 15) is 0 Å². The average molecular weight is 855 g/mol. The lowest BCUT2D eigenvalue weighted by atomic mass is 9.65. The number of benzene rings is 10. The summed E-state index contributed by atoms with van der Waals surface area (Å²) in [6.07, 6.45) is 0. The first-order valence-electron chi connectivity index (χ1n) is 23.4. The largest absolute Gasteiger partial charge is 0.455 e. The number of nitrogens with zero attached hydrogens (tertiary/aromatic N) is 2. The molecule has 67 heavy (non-hydrogen) atoms. The Morgan fingerprint density at radius 1 is 0.388 bits per heavy atom. The van der Waals surface area contributed by atoms with Crippen LogP contribution in [0.5, 0.6) is 0 Å². The molecule has 10 aromatic carbocycles. The van der Waals surface area contributed by atoms with Crippen molar-refractivity contribution < 1.29 is 4.42 Å². The molecule has 1 unspecified atom stereocenters. The summed E-state index contributed by atoms with van der Waals surface area (Å²) >= 11 is 0. The third-order valence-electron chi connectivity index (χ3n) is 15.6. The van der Waals surface area contributed by atoms with E-state index < -0.39 is 5.41 Å². The van der Waals surface area contributed by atoms with Crippen molar-refractivity contribution in [2.24, 2.45) is 0 Å². The molecule has 3 heteroatoms. The SMILES string of the molecule is CC1(C)c2ccccc2-c2ccc(N(c3ccc(-c4cccc5c4oc4ccccc45)cc3)c3ccc4c(c3)C3(c5ccccc5-4)c4ccccc4-n4c5ccccc5c5cccc3c54)cc21. The van der Waals surface area contributed by atoms with Crippen LogP contribution in [0.4, 0.5) is 17.1 Å². The molecule has 2 aliphatic carbocycles. The molecule has 15 rings (SSSR count). The van der Waals surface area contributed by atoms with Crippen LogP contribution in [-0.2, 0) is 10.8 Å². The van der Waals surface area contributed by atoms with Crippen molar-refractivity contribution in [3.8, 4) is 39.1 Å². The minimum Gasteiger partial charge on any atom is -0.455 e. The molecule has 3 heterocycles. The second-order valence-corrected chi connectivity index (χ2v) is 19.2. The van der Waals surface area contributed by atoms with Crippen molar-refractivity contribution in [1.82, 2.24) is 4.57 Å². The van der Waals surface area contributed by atoms with Crippen molar-refractivity contribution >= 4 is 60.8 Å². The summed E-state index contributed by atoms with van der Waals surface area (Å²) in [4.78, 5) is 2.48. The highest BCUT2D eigenvalue weighted by atomic mass is 16.3. The topological polar surface area (TPSA) is 21.3 Å². The van der Waals surface area contributed by atoms with Crippen LogP contribution in [0.25, 0.3) is 82.8 Å². The molecular weight excluding hydrogens is 813 g/mol. The van der Waals surface area contributed by atoms with Gasteiger partial charge in [-0.2, -0.15) is 0 Å². The summed E-state index contributed by atoms with van der Waals surface area (Å²) in [5.74, 6) is 0. The summed E-state index contributed by atoms with van der Waals surface area (Å²) < 4.78 is 9.06. The van der Waals surface area contributed by atoms with Gasteiger partial charge >= 0.3 is 0 Å². The fraction of sp³-hybridized carbons (Fsp3) is 0.0625. The van der Waals surface area contributed by atoms with Gasteiger partial charge in [0.2, 0.25) is 0 Å². The Kier molecular flexibility index (Phi) is 7.22. The first-order chi connectivity index (χ1) is 33.0. The standard InChI is InChI=1S/C64H42N2O/c1-63(2)52-22-7-3-15-44(52)46-35-33-41(37-56(46)63)65(40-31-29-39(30-32-40)43-19-13-21-51-49-18-6-12-28-60(49)67-62(43)51)42-34-36-47-45-16-4-8-23-53(45)64(57(47)38-42)54-24-9-11-27-59(54)66-58-26-10-5-17-48(58)50-20-14-25-55(64)61(50)66/h3-38H,1-2H3. The lowest BCUT2D eigenvalue weighted by molar-refractivity contribution is 0.660. The van der Waals surface area contributed by atoms with Crippen molar-refractivity contribution in [1.29, 1.82) is 0 Å². The van der Waals surface area contributed by atoms with Crippen LogP contribution < -0.4 is 4.90 Å². The summed E-state index contributed by atoms with van der Waals surface area (Å²) in [7, 11) is 0. The van der Waals surface area contributed by atoms with E-state index in [4.69, 9.17) is 4.42 Å². The van der Waals surface area contributed by atoms with Crippen molar-refractivity contribution in [3.63, 3.8) is 0 Å². The predicted octanol–water partition coefficient (Wildman–Crippen LogP) is 16.8. The van der Waals surface area contributed by atoms with Gasteiger partial charge in [0, 0.05) is 49.6 Å². The van der Waals surface area contributed by atoms with E-state index in [-0.39, 0.29) is 5.41 Å². The second-order valence-electron chi connectivity index (χ2n) is 19.2. The quantitative estimate of drug-likeness (QED) is 0.176. The highest BCUT2D eigenvalue weighted by Gasteiger charge is 2.51. The van der Waals surface area contributed by atoms with Gasteiger partial charge < -0.3 is 13.9 Å². The van der Waals surface area contributed by atoms with Gasteiger partial charge in [-0.1, -0.05) is 178 Å². The van der Waals surface area contributed by atoms with E-state index in [1.807, 2.05) is 6.07 Å². The Balaban J connectivity index is 0.977. The molecule has 3 nitrogen and oxygen atoms in total. The van der Waals surface area contributed by atoms with Crippen molar-refractivity contribution in [2.75, 3.05) is 4.90 Å². The third kappa shape index (κ3) is 4.70. The predicted molar refractivity (Wildman–Crippen MR) is 277 cm³/mol. The molecule has 0 fully saturated rings. The average Bonchev–Trinajstić information content (AvgIpc) is 4.08. The maximum atomic E-state index is 6.54. The van der Waals surface area contributed by atoms with Gasteiger partial charge in [0.15, 0.2) is 0 Å². The van der Waals surface area contributed by atoms with Gasteiger partial charge in [-0.15, -0.1) is 0 Å². The molecular formula is C64H42N2O. The molecule has 0 N–H and O–H groups in total. The van der Waals surface area contributed by atoms with Gasteiger partial charge in [0.05, 0.1) is 22.1 Å². The van der Waals surface area contributed by atoms with Crippen molar-refractivity contribution in [2.45, 2.75) is 24.7 Å². The normalized spacial score (nSPS) is 15.8. The fourth-order valence-electron chi connectivity index (χ4n) is 12.7. The molecule has 0 amide bonds. The number of fused-ring (bicyclic) bond motifs is 18. The van der Waals surface area contributed by atoms with Gasteiger partial charge in [-0.25, -0.2) is 0 Å². The Labute approximate surface area is 388 Å². The van der Waals surface area contributed by atoms with Gasteiger partial charge in [0.25, 0.3) is 0 Å². The van der Waals surface area contributed by atoms with E-state index in [1.54, 1.807) is 0 Å². The molecule has 1 atom stereocenters. The number of para-hydroxylation sites is 5. The minimum atomic E-state index is -0.565. The number of anilines is 3. The van der Waals surface area contributed by atoms with E-state index in [2.05, 4.69) is 236 Å². The molecule has 0 bridgehead atoms. The van der Waals surface area contributed by atoms with Crippen LogP contribution in [0.3, 0.4) is 0 Å². The molecule has 314 valence electrons. The summed E-state index contributed by atoms with van der Waals surface area (Å²) in [6.45, 7) is 4.74. The highest BCUT2D eigenvalue weighted by molar-refractivity contribution is 6.13. The lowest BCUT2D eigenvalue weighted by Gasteiger charge is -2.40. The van der Waals surface area contributed by atoms with Gasteiger partial charge in [-0.05, 0) is 116 Å². The van der Waals surface area contributed by atoms with Crippen LogP contribution in [0.2, 0.25) is 0 Å². The molecule has 1 spiro atoms. The summed E-state index contributed by atoms with van der Waals surface area (Å²) in [5.41, 5.74) is 23.5. The van der Waals surface area contributed by atoms with E-state index >= 15 is 0 Å². The Bertz CT molecular complexity index is 4090. The minimum absolute atomic E-state index is 0.157. The molecule has 1 aliphatic heterocycles. The van der Waals surface area contributed by atoms with E-state index in [0.29, 0.717) is 0 Å². The zero-order chi connectivity index (χ0) is 44.2. The fourth-order valence-corrected chi connectivity index (χ4v) is 12.7. The molecule has 0 saturated heterocycles. The van der Waals surface area contributed by atoms with Crippen molar-refractivity contribution in [3.05, 3.63) is 252 Å². The second kappa shape index (κ2) is 13.1. The highest BCUT2D eigenvalue weighted by Crippen LogP contribution is 2.62. The van der Waals surface area contributed by atoms with Gasteiger partial charge in [0.1, 0.15) is 11.2 Å². The Morgan fingerprint density at radius 2 is 0.940 bits per heavy atom. The van der Waals surface area contributed by atoms with Crippen LogP contribution in [0, 0.1) is 0 Å². The molecule has 2 aromatic heterocycles. The zero-order valence-corrected chi connectivity index (χ0v) is 37.1. The Morgan fingerprint density at radius 3 is 1.76 bits per heavy atom. The third-order valence-corrected chi connectivity index (χ3v) is 15.6. The molecule has 0 radical (unpaired) electrons. The lowest BCUT2D eigenvalue weighted by Crippen LogP contribution is -2.33. The van der Waals surface area contributed by atoms with E-state index in [1.165, 1.54) is 83.1 Å². The summed E-state index contributed by atoms with van der Waals surface area (Å²) in [5, 5.41) is 4.83. The monoisotopic (exact) mass is 854 g/mol. The molecule has 3 aliphatic rings. The van der Waals surface area contributed by atoms with Crippen LogP contribution in [0.1, 0.15) is 47.2 Å². The maximum absolute atomic E-state index is 6.54. The van der Waals surface area contributed by atoms with Gasteiger partial charge in [-0.3, -0.25) is 0 Å². The molecule has 0 saturated carbocycles.